The molecular weight excluding hydrogens is 298 g/mol. The van der Waals surface area contributed by atoms with Crippen molar-refractivity contribution in [2.24, 2.45) is 5.10 Å². The number of amides is 1. The third kappa shape index (κ3) is 3.45. The van der Waals surface area contributed by atoms with Crippen molar-refractivity contribution in [3.63, 3.8) is 0 Å². The molecule has 1 amide bonds. The molecule has 0 spiro atoms. The SMILES string of the molecule is Cc1cc(C(=O)OCC(=O)N2CCC(c3ccccc3)=N2)on1. The Morgan fingerprint density at radius 1 is 1.30 bits per heavy atom. The first kappa shape index (κ1) is 15.0. The minimum Gasteiger partial charge on any atom is -0.450 e. The van der Waals surface area contributed by atoms with Gasteiger partial charge in [-0.25, -0.2) is 9.80 Å². The van der Waals surface area contributed by atoms with Crippen LogP contribution in [0.25, 0.3) is 0 Å². The molecule has 2 aromatic rings. The summed E-state index contributed by atoms with van der Waals surface area (Å²) >= 11 is 0. The van der Waals surface area contributed by atoms with Crippen LogP contribution in [0.1, 0.15) is 28.2 Å². The molecule has 1 aliphatic heterocycles. The number of aryl methyl sites for hydroxylation is 1. The van der Waals surface area contributed by atoms with E-state index in [0.29, 0.717) is 18.7 Å². The minimum atomic E-state index is -0.717. The first-order valence-electron chi connectivity index (χ1n) is 7.17. The first-order valence-corrected chi connectivity index (χ1v) is 7.17. The van der Waals surface area contributed by atoms with E-state index in [4.69, 9.17) is 9.26 Å². The highest BCUT2D eigenvalue weighted by Crippen LogP contribution is 2.14. The predicted molar refractivity (Wildman–Crippen MR) is 80.8 cm³/mol. The van der Waals surface area contributed by atoms with Crippen LogP contribution < -0.4 is 0 Å². The zero-order valence-corrected chi connectivity index (χ0v) is 12.6. The summed E-state index contributed by atoms with van der Waals surface area (Å²) in [5, 5.41) is 9.20. The molecule has 23 heavy (non-hydrogen) atoms. The Kier molecular flexibility index (Phi) is 4.18. The van der Waals surface area contributed by atoms with E-state index < -0.39 is 5.97 Å². The second kappa shape index (κ2) is 6.43. The third-order valence-electron chi connectivity index (χ3n) is 3.35. The van der Waals surface area contributed by atoms with Gasteiger partial charge in [0.25, 0.3) is 5.91 Å². The summed E-state index contributed by atoms with van der Waals surface area (Å²) in [5.41, 5.74) is 2.40. The van der Waals surface area contributed by atoms with Gasteiger partial charge in [-0.05, 0) is 12.5 Å². The summed E-state index contributed by atoms with van der Waals surface area (Å²) < 4.78 is 9.71. The van der Waals surface area contributed by atoms with Crippen molar-refractivity contribution < 1.29 is 18.8 Å². The van der Waals surface area contributed by atoms with Crippen molar-refractivity contribution >= 4 is 17.6 Å². The molecule has 0 saturated heterocycles. The second-order valence-electron chi connectivity index (χ2n) is 5.09. The fraction of sp³-hybridized carbons (Fsp3) is 0.250. The van der Waals surface area contributed by atoms with E-state index >= 15 is 0 Å². The standard InChI is InChI=1S/C16H15N3O4/c1-11-9-14(23-18-11)16(21)22-10-15(20)19-8-7-13(17-19)12-5-3-2-4-6-12/h2-6,9H,7-8,10H2,1H3. The van der Waals surface area contributed by atoms with Crippen molar-refractivity contribution in [3.8, 4) is 0 Å². The van der Waals surface area contributed by atoms with Gasteiger partial charge in [0.1, 0.15) is 0 Å². The summed E-state index contributed by atoms with van der Waals surface area (Å²) in [6.07, 6.45) is 0.672. The van der Waals surface area contributed by atoms with Crippen LogP contribution in [-0.2, 0) is 9.53 Å². The number of nitrogens with zero attached hydrogens (tertiary/aromatic N) is 3. The fourth-order valence-corrected chi connectivity index (χ4v) is 2.20. The van der Waals surface area contributed by atoms with Crippen molar-refractivity contribution in [1.82, 2.24) is 10.2 Å². The molecule has 2 heterocycles. The molecule has 3 rings (SSSR count). The van der Waals surface area contributed by atoms with Crippen molar-refractivity contribution in [2.45, 2.75) is 13.3 Å². The molecule has 0 saturated carbocycles. The minimum absolute atomic E-state index is 0.0230. The molecule has 0 N–H and O–H groups in total. The van der Waals surface area contributed by atoms with Crippen molar-refractivity contribution in [3.05, 3.63) is 53.4 Å². The van der Waals surface area contributed by atoms with Crippen LogP contribution in [0, 0.1) is 6.92 Å². The summed E-state index contributed by atoms with van der Waals surface area (Å²) in [7, 11) is 0. The molecule has 0 atom stereocenters. The Labute approximate surface area is 132 Å². The number of rotatable bonds is 4. The van der Waals surface area contributed by atoms with Crippen LogP contribution >= 0.6 is 0 Å². The number of benzene rings is 1. The first-order chi connectivity index (χ1) is 11.1. The van der Waals surface area contributed by atoms with Crippen LogP contribution in [-0.4, -0.2) is 40.9 Å². The molecule has 0 unspecified atom stereocenters. The van der Waals surface area contributed by atoms with Crippen LogP contribution in [0.2, 0.25) is 0 Å². The lowest BCUT2D eigenvalue weighted by molar-refractivity contribution is -0.134. The summed E-state index contributed by atoms with van der Waals surface area (Å²) in [4.78, 5) is 23.8. The number of esters is 1. The van der Waals surface area contributed by atoms with Gasteiger partial charge < -0.3 is 9.26 Å². The lowest BCUT2D eigenvalue weighted by Gasteiger charge is -2.10. The van der Waals surface area contributed by atoms with Gasteiger partial charge in [-0.15, -0.1) is 0 Å². The zero-order valence-electron chi connectivity index (χ0n) is 12.6. The van der Waals surface area contributed by atoms with Gasteiger partial charge in [0, 0.05) is 12.5 Å². The van der Waals surface area contributed by atoms with E-state index in [1.54, 1.807) is 6.92 Å². The van der Waals surface area contributed by atoms with E-state index in [1.165, 1.54) is 11.1 Å². The number of aromatic nitrogens is 1. The number of carbonyl (C=O) groups is 2. The third-order valence-corrected chi connectivity index (χ3v) is 3.35. The smallest absolute Gasteiger partial charge is 0.377 e. The predicted octanol–water partition coefficient (Wildman–Crippen LogP) is 1.78. The molecule has 0 radical (unpaired) electrons. The molecule has 1 aromatic carbocycles. The Bertz CT molecular complexity index is 752. The fourth-order valence-electron chi connectivity index (χ4n) is 2.20. The lowest BCUT2D eigenvalue weighted by atomic mass is 10.1. The number of ether oxygens (including phenoxy) is 1. The normalized spacial score (nSPS) is 13.8. The average Bonchev–Trinajstić information content (AvgIpc) is 3.22. The highest BCUT2D eigenvalue weighted by molar-refractivity contribution is 6.02. The van der Waals surface area contributed by atoms with Gasteiger partial charge in [0.15, 0.2) is 6.61 Å². The Hall–Kier alpha value is -2.96. The Balaban J connectivity index is 1.57. The topological polar surface area (TPSA) is 85.0 Å². The number of hydrogen-bond acceptors (Lipinski definition) is 6. The van der Waals surface area contributed by atoms with Gasteiger partial charge in [-0.3, -0.25) is 4.79 Å². The summed E-state index contributed by atoms with van der Waals surface area (Å²) in [6.45, 7) is 1.78. The highest BCUT2D eigenvalue weighted by Gasteiger charge is 2.23. The molecular formula is C16H15N3O4. The number of hydrazone groups is 1. The van der Waals surface area contributed by atoms with E-state index in [-0.39, 0.29) is 18.3 Å². The van der Waals surface area contributed by atoms with Gasteiger partial charge in [-0.2, -0.15) is 5.10 Å². The largest absolute Gasteiger partial charge is 0.450 e. The highest BCUT2D eigenvalue weighted by atomic mass is 16.6. The van der Waals surface area contributed by atoms with Crippen LogP contribution in [0.15, 0.2) is 46.0 Å². The van der Waals surface area contributed by atoms with E-state index in [9.17, 15) is 9.59 Å². The molecule has 0 bridgehead atoms. The lowest BCUT2D eigenvalue weighted by Crippen LogP contribution is -2.28. The van der Waals surface area contributed by atoms with E-state index in [0.717, 1.165) is 11.3 Å². The zero-order chi connectivity index (χ0) is 16.2. The Morgan fingerprint density at radius 2 is 2.09 bits per heavy atom. The monoisotopic (exact) mass is 313 g/mol. The van der Waals surface area contributed by atoms with Gasteiger partial charge in [0.2, 0.25) is 5.76 Å². The van der Waals surface area contributed by atoms with Crippen LogP contribution in [0.4, 0.5) is 0 Å². The molecule has 0 fully saturated rings. The van der Waals surface area contributed by atoms with E-state index in [2.05, 4.69) is 10.3 Å². The van der Waals surface area contributed by atoms with Crippen LogP contribution in [0.3, 0.4) is 0 Å². The molecule has 7 heteroatoms. The van der Waals surface area contributed by atoms with Gasteiger partial charge in [-0.1, -0.05) is 35.5 Å². The molecule has 1 aliphatic rings. The van der Waals surface area contributed by atoms with Crippen LogP contribution in [0.5, 0.6) is 0 Å². The molecule has 1 aromatic heterocycles. The quantitative estimate of drug-likeness (QED) is 0.803. The van der Waals surface area contributed by atoms with Gasteiger partial charge in [0.05, 0.1) is 18.0 Å². The maximum absolute atomic E-state index is 12.1. The van der Waals surface area contributed by atoms with Gasteiger partial charge >= 0.3 is 5.97 Å². The van der Waals surface area contributed by atoms with E-state index in [1.807, 2.05) is 30.3 Å². The van der Waals surface area contributed by atoms with Crippen molar-refractivity contribution in [2.75, 3.05) is 13.2 Å². The second-order valence-corrected chi connectivity index (χ2v) is 5.09. The summed E-state index contributed by atoms with van der Waals surface area (Å²) in [6, 6.07) is 11.1. The Morgan fingerprint density at radius 3 is 2.78 bits per heavy atom. The number of carbonyl (C=O) groups excluding carboxylic acids is 2. The molecule has 7 nitrogen and oxygen atoms in total. The average molecular weight is 313 g/mol. The van der Waals surface area contributed by atoms with Crippen molar-refractivity contribution in [1.29, 1.82) is 0 Å². The molecule has 0 aliphatic carbocycles. The summed E-state index contributed by atoms with van der Waals surface area (Å²) in [5.74, 6) is -1.11. The molecule has 118 valence electrons. The number of hydrogen-bond donors (Lipinski definition) is 0. The maximum atomic E-state index is 12.1. The maximum Gasteiger partial charge on any atom is 0.377 e.